The number of halogens is 1. The minimum atomic E-state index is -0.491. The zero-order valence-electron chi connectivity index (χ0n) is 9.38. The van der Waals surface area contributed by atoms with Crippen LogP contribution in [0.15, 0.2) is 59.8 Å². The summed E-state index contributed by atoms with van der Waals surface area (Å²) in [6.45, 7) is 0. The van der Waals surface area contributed by atoms with Crippen molar-refractivity contribution < 1.29 is 14.4 Å². The van der Waals surface area contributed by atoms with Crippen molar-refractivity contribution in [3.8, 4) is 0 Å². The summed E-state index contributed by atoms with van der Waals surface area (Å²) in [4.78, 5) is 12.1. The van der Waals surface area contributed by atoms with Gasteiger partial charge in [-0.25, -0.2) is 4.39 Å². The van der Waals surface area contributed by atoms with Crippen molar-refractivity contribution in [2.24, 2.45) is 5.16 Å². The second kappa shape index (κ2) is 5.23. The third-order valence-corrected chi connectivity index (χ3v) is 2.45. The first-order valence-electron chi connectivity index (χ1n) is 5.30. The van der Waals surface area contributed by atoms with Crippen LogP contribution in [-0.2, 0) is 0 Å². The number of ketones is 1. The van der Waals surface area contributed by atoms with Crippen molar-refractivity contribution in [3.05, 3.63) is 71.5 Å². The Balaban J connectivity index is 2.39. The molecule has 90 valence electrons. The molecule has 2 rings (SSSR count). The summed E-state index contributed by atoms with van der Waals surface area (Å²) in [5.41, 5.74) is 0.446. The second-order valence-corrected chi connectivity index (χ2v) is 3.65. The van der Waals surface area contributed by atoms with Gasteiger partial charge in [0.05, 0.1) is 0 Å². The van der Waals surface area contributed by atoms with E-state index in [-0.39, 0.29) is 11.3 Å². The highest BCUT2D eigenvalue weighted by atomic mass is 19.1. The molecule has 18 heavy (non-hydrogen) atoms. The topological polar surface area (TPSA) is 49.7 Å². The van der Waals surface area contributed by atoms with Crippen LogP contribution in [0, 0.1) is 5.82 Å². The van der Waals surface area contributed by atoms with Crippen molar-refractivity contribution in [3.63, 3.8) is 0 Å². The molecule has 0 saturated heterocycles. The summed E-state index contributed by atoms with van der Waals surface area (Å²) in [6, 6.07) is 13.8. The highest BCUT2D eigenvalue weighted by Crippen LogP contribution is 2.10. The molecule has 2 aromatic rings. The maximum atomic E-state index is 13.1. The number of benzene rings is 2. The van der Waals surface area contributed by atoms with E-state index in [0.29, 0.717) is 5.56 Å². The maximum absolute atomic E-state index is 13.1. The summed E-state index contributed by atoms with van der Waals surface area (Å²) in [7, 11) is 0. The fraction of sp³-hybridized carbons (Fsp3) is 0. The van der Waals surface area contributed by atoms with Gasteiger partial charge in [0.1, 0.15) is 5.82 Å². The first-order valence-corrected chi connectivity index (χ1v) is 5.30. The summed E-state index contributed by atoms with van der Waals surface area (Å²) in [5.74, 6) is -0.946. The second-order valence-electron chi connectivity index (χ2n) is 3.65. The molecule has 0 unspecified atom stereocenters. The van der Waals surface area contributed by atoms with Crippen LogP contribution in [0.25, 0.3) is 0 Å². The molecule has 0 fully saturated rings. The predicted molar refractivity (Wildman–Crippen MR) is 65.5 cm³/mol. The number of Topliss-reactive ketones (excluding diaryl/α,β-unsaturated/α-hetero) is 1. The molecule has 0 atom stereocenters. The van der Waals surface area contributed by atoms with Crippen LogP contribution >= 0.6 is 0 Å². The Bertz CT molecular complexity index is 594. The average Bonchev–Trinajstić information content (AvgIpc) is 2.40. The SMILES string of the molecule is O=C(C(=NO)c1cccc(F)c1)c1ccccc1. The molecule has 1 N–H and O–H groups in total. The van der Waals surface area contributed by atoms with Crippen LogP contribution < -0.4 is 0 Å². The van der Waals surface area contributed by atoms with Crippen LogP contribution in [0.1, 0.15) is 15.9 Å². The normalized spacial score (nSPS) is 11.3. The van der Waals surface area contributed by atoms with Gasteiger partial charge in [0.2, 0.25) is 5.78 Å². The lowest BCUT2D eigenvalue weighted by Crippen LogP contribution is -2.16. The van der Waals surface area contributed by atoms with E-state index in [2.05, 4.69) is 5.16 Å². The van der Waals surface area contributed by atoms with Gasteiger partial charge in [-0.1, -0.05) is 47.6 Å². The van der Waals surface area contributed by atoms with Crippen molar-refractivity contribution in [2.45, 2.75) is 0 Å². The van der Waals surface area contributed by atoms with Crippen LogP contribution in [0.4, 0.5) is 4.39 Å². The number of hydrogen-bond acceptors (Lipinski definition) is 3. The lowest BCUT2D eigenvalue weighted by atomic mass is 10.0. The van der Waals surface area contributed by atoms with Crippen molar-refractivity contribution in [1.29, 1.82) is 0 Å². The molecule has 0 spiro atoms. The quantitative estimate of drug-likeness (QED) is 0.390. The molecule has 0 radical (unpaired) electrons. The van der Waals surface area contributed by atoms with Gasteiger partial charge in [-0.2, -0.15) is 0 Å². The molecule has 2 aromatic carbocycles. The Kier molecular flexibility index (Phi) is 3.48. The zero-order valence-corrected chi connectivity index (χ0v) is 9.38. The third-order valence-electron chi connectivity index (χ3n) is 2.45. The highest BCUT2D eigenvalue weighted by Gasteiger charge is 2.17. The van der Waals surface area contributed by atoms with Crippen molar-refractivity contribution >= 4 is 11.5 Å². The molecule has 0 saturated carbocycles. The average molecular weight is 243 g/mol. The lowest BCUT2D eigenvalue weighted by Gasteiger charge is -2.04. The third kappa shape index (κ3) is 2.43. The van der Waals surface area contributed by atoms with Gasteiger partial charge >= 0.3 is 0 Å². The van der Waals surface area contributed by atoms with E-state index in [1.54, 1.807) is 30.3 Å². The summed E-state index contributed by atoms with van der Waals surface area (Å²) >= 11 is 0. The molecular weight excluding hydrogens is 233 g/mol. The Morgan fingerprint density at radius 3 is 2.28 bits per heavy atom. The van der Waals surface area contributed by atoms with Gasteiger partial charge in [-0.15, -0.1) is 0 Å². The number of nitrogens with zero attached hydrogens (tertiary/aromatic N) is 1. The molecule has 0 aromatic heterocycles. The van der Waals surface area contributed by atoms with E-state index in [1.807, 2.05) is 0 Å². The van der Waals surface area contributed by atoms with Gasteiger partial charge in [0.15, 0.2) is 5.71 Å². The van der Waals surface area contributed by atoms with Crippen LogP contribution in [0.2, 0.25) is 0 Å². The molecular formula is C14H10FNO2. The van der Waals surface area contributed by atoms with E-state index >= 15 is 0 Å². The standard InChI is InChI=1S/C14H10FNO2/c15-12-8-4-7-11(9-12)13(16-18)14(17)10-5-2-1-3-6-10/h1-9,18H. The highest BCUT2D eigenvalue weighted by molar-refractivity contribution is 6.51. The van der Waals surface area contributed by atoms with Crippen molar-refractivity contribution in [1.82, 2.24) is 0 Å². The zero-order chi connectivity index (χ0) is 13.0. The lowest BCUT2D eigenvalue weighted by molar-refractivity contribution is 0.106. The van der Waals surface area contributed by atoms with Gasteiger partial charge in [-0.3, -0.25) is 4.79 Å². The van der Waals surface area contributed by atoms with Gasteiger partial charge < -0.3 is 5.21 Å². The van der Waals surface area contributed by atoms with E-state index in [0.717, 1.165) is 6.07 Å². The van der Waals surface area contributed by atoms with E-state index in [9.17, 15) is 9.18 Å². The van der Waals surface area contributed by atoms with Crippen LogP contribution in [0.5, 0.6) is 0 Å². The monoisotopic (exact) mass is 243 g/mol. The largest absolute Gasteiger partial charge is 0.410 e. The number of oxime groups is 1. The molecule has 0 aliphatic carbocycles. The van der Waals surface area contributed by atoms with Crippen LogP contribution in [0.3, 0.4) is 0 Å². The minimum Gasteiger partial charge on any atom is -0.410 e. The van der Waals surface area contributed by atoms with E-state index in [4.69, 9.17) is 5.21 Å². The number of rotatable bonds is 3. The van der Waals surface area contributed by atoms with E-state index < -0.39 is 11.6 Å². The Hall–Kier alpha value is -2.49. The van der Waals surface area contributed by atoms with Crippen molar-refractivity contribution in [2.75, 3.05) is 0 Å². The number of hydrogen-bond donors (Lipinski definition) is 1. The smallest absolute Gasteiger partial charge is 0.215 e. The molecule has 4 heteroatoms. The fourth-order valence-corrected chi connectivity index (χ4v) is 1.60. The first kappa shape index (κ1) is 12.0. The Morgan fingerprint density at radius 2 is 1.67 bits per heavy atom. The summed E-state index contributed by atoms with van der Waals surface area (Å²) in [5, 5.41) is 11.9. The maximum Gasteiger partial charge on any atom is 0.215 e. The van der Waals surface area contributed by atoms with Gasteiger partial charge in [-0.05, 0) is 12.1 Å². The minimum absolute atomic E-state index is 0.180. The number of carbonyl (C=O) groups excluding carboxylic acids is 1. The van der Waals surface area contributed by atoms with Crippen LogP contribution in [-0.4, -0.2) is 16.7 Å². The summed E-state index contributed by atoms with van der Waals surface area (Å²) in [6.07, 6.45) is 0. The first-order chi connectivity index (χ1) is 8.72. The fourth-order valence-electron chi connectivity index (χ4n) is 1.60. The molecule has 0 bridgehead atoms. The molecule has 0 amide bonds. The molecule has 0 aliphatic rings. The predicted octanol–water partition coefficient (Wildman–Crippen LogP) is 2.89. The van der Waals surface area contributed by atoms with E-state index in [1.165, 1.54) is 18.2 Å². The Morgan fingerprint density at radius 1 is 1.00 bits per heavy atom. The van der Waals surface area contributed by atoms with Gasteiger partial charge in [0.25, 0.3) is 0 Å². The molecule has 0 heterocycles. The van der Waals surface area contributed by atoms with Gasteiger partial charge in [0, 0.05) is 11.1 Å². The number of carbonyl (C=O) groups is 1. The molecule has 3 nitrogen and oxygen atoms in total. The summed E-state index contributed by atoms with van der Waals surface area (Å²) < 4.78 is 13.1. The molecule has 0 aliphatic heterocycles. The Labute approximate surface area is 103 Å².